The number of anilines is 2. The molecule has 3 rings (SSSR count). The molecule has 2 aromatic heterocycles. The SMILES string of the molecule is COC(=O)NC[C@H](C)Nc1nccc(-c2cn(C(C)C)nc2-c2cc(Cl)cc(NS(C)(=O)=O)c2F)n1. The molecule has 36 heavy (non-hydrogen) atoms. The van der Waals surface area contributed by atoms with Crippen molar-refractivity contribution < 1.29 is 22.3 Å². The van der Waals surface area contributed by atoms with Crippen molar-refractivity contribution in [3.63, 3.8) is 0 Å². The number of benzene rings is 1. The van der Waals surface area contributed by atoms with Crippen molar-refractivity contribution in [2.75, 3.05) is 29.9 Å². The lowest BCUT2D eigenvalue weighted by Gasteiger charge is -2.14. The molecule has 3 aromatic rings. The van der Waals surface area contributed by atoms with Gasteiger partial charge < -0.3 is 15.4 Å². The van der Waals surface area contributed by atoms with Crippen LogP contribution < -0.4 is 15.4 Å². The molecule has 0 aliphatic heterocycles. The predicted molar refractivity (Wildman–Crippen MR) is 136 cm³/mol. The highest BCUT2D eigenvalue weighted by atomic mass is 35.5. The number of ether oxygens (including phenoxy) is 1. The Morgan fingerprint density at radius 2 is 1.97 bits per heavy atom. The van der Waals surface area contributed by atoms with Crippen LogP contribution >= 0.6 is 11.6 Å². The Morgan fingerprint density at radius 1 is 1.25 bits per heavy atom. The normalized spacial score (nSPS) is 12.3. The highest BCUT2D eigenvalue weighted by molar-refractivity contribution is 7.92. The summed E-state index contributed by atoms with van der Waals surface area (Å²) in [5.74, 6) is -0.545. The molecule has 14 heteroatoms. The summed E-state index contributed by atoms with van der Waals surface area (Å²) in [6, 6.07) is 3.93. The number of hydrogen-bond acceptors (Lipinski definition) is 8. The van der Waals surface area contributed by atoms with E-state index in [0.29, 0.717) is 11.3 Å². The number of aromatic nitrogens is 4. The van der Waals surface area contributed by atoms with E-state index >= 15 is 4.39 Å². The van der Waals surface area contributed by atoms with Crippen LogP contribution in [0.3, 0.4) is 0 Å². The zero-order valence-electron chi connectivity index (χ0n) is 20.3. The molecular weight excluding hydrogens is 513 g/mol. The summed E-state index contributed by atoms with van der Waals surface area (Å²) in [6.07, 6.45) is 3.62. The van der Waals surface area contributed by atoms with Gasteiger partial charge >= 0.3 is 6.09 Å². The number of amides is 1. The second kappa shape index (κ2) is 11.1. The lowest BCUT2D eigenvalue weighted by atomic mass is 10.0. The number of carbonyl (C=O) groups excluding carboxylic acids is 1. The van der Waals surface area contributed by atoms with Gasteiger partial charge in [0, 0.05) is 47.2 Å². The van der Waals surface area contributed by atoms with Crippen LogP contribution in [0, 0.1) is 5.82 Å². The minimum atomic E-state index is -3.75. The average Bonchev–Trinajstić information content (AvgIpc) is 3.24. The van der Waals surface area contributed by atoms with E-state index in [9.17, 15) is 13.2 Å². The number of nitrogens with one attached hydrogen (secondary N) is 3. The van der Waals surface area contributed by atoms with Gasteiger partial charge in [0.25, 0.3) is 0 Å². The molecule has 194 valence electrons. The Kier molecular flexibility index (Phi) is 8.35. The van der Waals surface area contributed by atoms with Crippen LogP contribution in [0.15, 0.2) is 30.6 Å². The topological polar surface area (TPSA) is 140 Å². The molecule has 0 spiro atoms. The molecule has 11 nitrogen and oxygen atoms in total. The first-order valence-corrected chi connectivity index (χ1v) is 13.1. The summed E-state index contributed by atoms with van der Waals surface area (Å²) >= 11 is 6.20. The Labute approximate surface area is 213 Å². The number of methoxy groups -OCH3 is 1. The van der Waals surface area contributed by atoms with Gasteiger partial charge in [-0.15, -0.1) is 0 Å². The first kappa shape index (κ1) is 27.1. The number of halogens is 2. The summed E-state index contributed by atoms with van der Waals surface area (Å²) in [5.41, 5.74) is 0.875. The monoisotopic (exact) mass is 539 g/mol. The van der Waals surface area contributed by atoms with Gasteiger partial charge in [-0.1, -0.05) is 11.6 Å². The van der Waals surface area contributed by atoms with Crippen molar-refractivity contribution in [3.05, 3.63) is 41.4 Å². The third kappa shape index (κ3) is 6.82. The molecule has 0 saturated heterocycles. The van der Waals surface area contributed by atoms with Gasteiger partial charge in [0.2, 0.25) is 16.0 Å². The summed E-state index contributed by atoms with van der Waals surface area (Å²) in [4.78, 5) is 20.1. The van der Waals surface area contributed by atoms with Gasteiger partial charge in [-0.3, -0.25) is 9.40 Å². The van der Waals surface area contributed by atoms with Crippen molar-refractivity contribution in [3.8, 4) is 22.5 Å². The number of nitrogens with zero attached hydrogens (tertiary/aromatic N) is 4. The molecule has 3 N–H and O–H groups in total. The molecule has 0 fully saturated rings. The zero-order valence-corrected chi connectivity index (χ0v) is 21.9. The van der Waals surface area contributed by atoms with Crippen molar-refractivity contribution in [1.29, 1.82) is 0 Å². The minimum absolute atomic E-state index is 0.00631. The molecule has 0 bridgehead atoms. The van der Waals surface area contributed by atoms with E-state index in [2.05, 4.69) is 35.2 Å². The third-order valence-corrected chi connectivity index (χ3v) is 5.70. The number of carbonyl (C=O) groups is 1. The Hall–Kier alpha value is -3.45. The van der Waals surface area contributed by atoms with Crippen LogP contribution in [0.5, 0.6) is 0 Å². The summed E-state index contributed by atoms with van der Waals surface area (Å²) in [6.45, 7) is 5.91. The largest absolute Gasteiger partial charge is 0.453 e. The molecule has 0 aliphatic carbocycles. The van der Waals surface area contributed by atoms with Gasteiger partial charge in [0.1, 0.15) is 5.69 Å². The molecule has 0 saturated carbocycles. The predicted octanol–water partition coefficient (Wildman–Crippen LogP) is 3.91. The van der Waals surface area contributed by atoms with Gasteiger partial charge in [-0.05, 0) is 39.0 Å². The highest BCUT2D eigenvalue weighted by Gasteiger charge is 2.22. The maximum absolute atomic E-state index is 15.5. The van der Waals surface area contributed by atoms with Crippen LogP contribution in [-0.4, -0.2) is 60.2 Å². The number of rotatable bonds is 9. The first-order valence-electron chi connectivity index (χ1n) is 10.9. The van der Waals surface area contributed by atoms with Gasteiger partial charge in [-0.2, -0.15) is 5.10 Å². The van der Waals surface area contributed by atoms with Crippen molar-refractivity contribution in [1.82, 2.24) is 25.1 Å². The van der Waals surface area contributed by atoms with E-state index in [1.165, 1.54) is 25.4 Å². The molecule has 0 aliphatic rings. The average molecular weight is 540 g/mol. The maximum Gasteiger partial charge on any atom is 0.406 e. The van der Waals surface area contributed by atoms with E-state index in [1.54, 1.807) is 16.9 Å². The number of alkyl carbamates (subject to hydrolysis) is 1. The Morgan fingerprint density at radius 3 is 2.61 bits per heavy atom. The van der Waals surface area contributed by atoms with Crippen molar-refractivity contribution >= 4 is 39.4 Å². The molecule has 1 amide bonds. The molecule has 0 unspecified atom stereocenters. The van der Waals surface area contributed by atoms with Gasteiger partial charge in [0.15, 0.2) is 5.82 Å². The van der Waals surface area contributed by atoms with Crippen LogP contribution in [0.25, 0.3) is 22.5 Å². The van der Waals surface area contributed by atoms with E-state index in [-0.39, 0.29) is 46.5 Å². The standard InChI is InChI=1S/C22H27ClFN7O4S/c1-12(2)31-11-16(17-6-7-25-21(28-17)27-13(3)10-26-22(32)35-4)20(29-31)15-8-14(23)9-18(19(15)24)30-36(5,33)34/h6-9,11-13,30H,10H2,1-5H3,(H,26,32)(H,25,27,28)/t13-/m0/s1. The lowest BCUT2D eigenvalue weighted by Crippen LogP contribution is -2.34. The quantitative estimate of drug-likeness (QED) is 0.372. The fourth-order valence-corrected chi connectivity index (χ4v) is 4.00. The van der Waals surface area contributed by atoms with Crippen LogP contribution in [-0.2, 0) is 14.8 Å². The Bertz CT molecular complexity index is 1360. The molecule has 1 aromatic carbocycles. The second-order valence-corrected chi connectivity index (χ2v) is 10.5. The van der Waals surface area contributed by atoms with E-state index in [0.717, 1.165) is 6.26 Å². The third-order valence-electron chi connectivity index (χ3n) is 4.89. The summed E-state index contributed by atoms with van der Waals surface area (Å²) in [5, 5.41) is 10.3. The van der Waals surface area contributed by atoms with E-state index < -0.39 is 21.9 Å². The maximum atomic E-state index is 15.5. The molecule has 0 radical (unpaired) electrons. The van der Waals surface area contributed by atoms with Crippen LogP contribution in [0.4, 0.5) is 20.8 Å². The summed E-state index contributed by atoms with van der Waals surface area (Å²) in [7, 11) is -2.48. The van der Waals surface area contributed by atoms with E-state index in [4.69, 9.17) is 11.6 Å². The summed E-state index contributed by atoms with van der Waals surface area (Å²) < 4.78 is 47.3. The smallest absolute Gasteiger partial charge is 0.406 e. The van der Waals surface area contributed by atoms with Crippen LogP contribution in [0.1, 0.15) is 26.8 Å². The molecular formula is C22H27ClFN7O4S. The molecule has 2 heterocycles. The van der Waals surface area contributed by atoms with Gasteiger partial charge in [0.05, 0.1) is 24.7 Å². The number of hydrogen-bond donors (Lipinski definition) is 3. The Balaban J connectivity index is 2.04. The molecule has 1 atom stereocenters. The van der Waals surface area contributed by atoms with E-state index in [1.807, 2.05) is 20.8 Å². The number of sulfonamides is 1. The fraction of sp³-hybridized carbons (Fsp3) is 0.364. The van der Waals surface area contributed by atoms with Crippen molar-refractivity contribution in [2.24, 2.45) is 0 Å². The lowest BCUT2D eigenvalue weighted by molar-refractivity contribution is 0.170. The zero-order chi connectivity index (χ0) is 26.6. The van der Waals surface area contributed by atoms with Crippen LogP contribution in [0.2, 0.25) is 5.02 Å². The fourth-order valence-electron chi connectivity index (χ4n) is 3.24. The minimum Gasteiger partial charge on any atom is -0.453 e. The second-order valence-electron chi connectivity index (χ2n) is 8.34. The van der Waals surface area contributed by atoms with Gasteiger partial charge in [-0.25, -0.2) is 27.6 Å². The highest BCUT2D eigenvalue weighted by Crippen LogP contribution is 2.37. The van der Waals surface area contributed by atoms with Crippen molar-refractivity contribution in [2.45, 2.75) is 32.9 Å². The first-order chi connectivity index (χ1) is 16.9.